The van der Waals surface area contributed by atoms with Gasteiger partial charge in [0.2, 0.25) is 12.5 Å². The third-order valence-electron chi connectivity index (χ3n) is 17.7. The average molecular weight is 1480 g/mol. The van der Waals surface area contributed by atoms with E-state index in [4.69, 9.17) is 62.3 Å². The Labute approximate surface area is 584 Å². The third-order valence-corrected chi connectivity index (χ3v) is 20.1. The van der Waals surface area contributed by atoms with Crippen molar-refractivity contribution < 1.29 is 89.6 Å². The van der Waals surface area contributed by atoms with Gasteiger partial charge in [-0.05, 0) is 68.9 Å². The number of rotatable bonds is 28. The van der Waals surface area contributed by atoms with Gasteiger partial charge < -0.3 is 58.4 Å². The van der Waals surface area contributed by atoms with Crippen molar-refractivity contribution in [2.24, 2.45) is 0 Å². The number of methoxy groups -OCH3 is 2. The molecule has 0 radical (unpaired) electrons. The fraction of sp³-hybridized carbons (Fsp3) is 0.516. The van der Waals surface area contributed by atoms with E-state index in [0.717, 1.165) is 64.4 Å². The number of benzene rings is 2. The number of aliphatic hydroxyl groups excluding tert-OH is 2. The number of hydrogen-bond acceptors (Lipinski definition) is 26. The van der Waals surface area contributed by atoms with Crippen molar-refractivity contribution in [3.05, 3.63) is 213 Å². The topological polar surface area (TPSA) is 476 Å². The zero-order valence-corrected chi connectivity index (χ0v) is 58.8. The van der Waals surface area contributed by atoms with Crippen LogP contribution >= 0.6 is 15.6 Å². The van der Waals surface area contributed by atoms with E-state index in [1.165, 1.54) is 46.7 Å². The maximum absolute atomic E-state index is 14.5. The number of H-pyrrole nitrogens is 4. The summed E-state index contributed by atoms with van der Waals surface area (Å²) in [7, 11) is -7.06. The summed E-state index contributed by atoms with van der Waals surface area (Å²) in [5.74, 6) is -1.20. The summed E-state index contributed by atoms with van der Waals surface area (Å²) < 4.78 is 99.7. The first-order valence-corrected chi connectivity index (χ1v) is 35.4. The van der Waals surface area contributed by atoms with Crippen LogP contribution in [0.2, 0.25) is 0 Å². The summed E-state index contributed by atoms with van der Waals surface area (Å²) in [6, 6.07) is 15.1. The Morgan fingerprint density at radius 3 is 1.74 bits per heavy atom. The summed E-state index contributed by atoms with van der Waals surface area (Å²) >= 11 is 0. The highest BCUT2D eigenvalue weighted by atomic mass is 31.2. The van der Waals surface area contributed by atoms with E-state index in [2.05, 4.69) is 25.1 Å². The fourth-order valence-corrected chi connectivity index (χ4v) is 14.4. The highest BCUT2D eigenvalue weighted by Gasteiger charge is 2.53. The maximum atomic E-state index is 14.5. The van der Waals surface area contributed by atoms with Gasteiger partial charge in [-0.15, -0.1) is 0 Å². The number of nitrogens with one attached hydrogen (secondary N) is 5. The molecule has 6 aromatic rings. The van der Waals surface area contributed by atoms with Crippen LogP contribution in [0, 0.1) is 41.2 Å². The molecule has 0 bridgehead atoms. The van der Waals surface area contributed by atoms with E-state index in [9.17, 15) is 72.2 Å². The van der Waals surface area contributed by atoms with Gasteiger partial charge in [0, 0.05) is 81.5 Å². The molecule has 8 heterocycles. The number of aromatic amines is 4. The number of amides is 1. The van der Waals surface area contributed by atoms with Gasteiger partial charge in [-0.1, -0.05) is 49.4 Å². The van der Waals surface area contributed by atoms with E-state index in [1.54, 1.807) is 6.92 Å². The average Bonchev–Trinajstić information content (AvgIpc) is 1.68. The van der Waals surface area contributed by atoms with Crippen LogP contribution in [0.4, 0.5) is 0 Å². The quantitative estimate of drug-likeness (QED) is 0.0149. The van der Waals surface area contributed by atoms with Gasteiger partial charge in [-0.3, -0.25) is 89.6 Å². The molecule has 4 aromatic heterocycles. The molecule has 39 heteroatoms. The van der Waals surface area contributed by atoms with Crippen molar-refractivity contribution in [2.75, 3.05) is 47.2 Å². The minimum Gasteiger partial charge on any atom is -0.459 e. The van der Waals surface area contributed by atoms with Crippen molar-refractivity contribution >= 4 is 27.5 Å². The van der Waals surface area contributed by atoms with E-state index >= 15 is 0 Å². The zero-order chi connectivity index (χ0) is 74.8. The van der Waals surface area contributed by atoms with Crippen molar-refractivity contribution in [1.29, 1.82) is 0 Å². The van der Waals surface area contributed by atoms with Gasteiger partial charge in [0.05, 0.1) is 44.5 Å². The minimum absolute atomic E-state index is 0.0690. The molecule has 37 nitrogen and oxygen atoms in total. The lowest BCUT2D eigenvalue weighted by Crippen LogP contribution is -2.40. The number of aryl methyl sites for hydroxylation is 3. The van der Waals surface area contributed by atoms with Crippen LogP contribution in [0.25, 0.3) is 4.85 Å². The number of esters is 1. The van der Waals surface area contributed by atoms with Gasteiger partial charge >= 0.3 is 44.4 Å². The van der Waals surface area contributed by atoms with Crippen LogP contribution in [0.3, 0.4) is 0 Å². The normalized spacial score (nSPS) is 26.0. The Hall–Kier alpha value is -8.51. The van der Waals surface area contributed by atoms with E-state index in [-0.39, 0.29) is 56.4 Å². The highest BCUT2D eigenvalue weighted by Crippen LogP contribution is 2.55. The minimum atomic E-state index is -4.90. The van der Waals surface area contributed by atoms with Crippen LogP contribution in [0.5, 0.6) is 0 Å². The summed E-state index contributed by atoms with van der Waals surface area (Å²) in [5, 5.41) is 23.2. The van der Waals surface area contributed by atoms with Gasteiger partial charge in [0.1, 0.15) is 67.9 Å². The smallest absolute Gasteiger partial charge is 0.459 e. The lowest BCUT2D eigenvalue weighted by atomic mass is 9.90. The molecule has 0 aliphatic carbocycles. The number of hydrogen-bond donors (Lipinski definition) is 8. The Kier molecular flexibility index (Phi) is 26.3. The van der Waals surface area contributed by atoms with Crippen LogP contribution < -0.4 is 50.3 Å². The molecule has 558 valence electrons. The molecule has 2 aromatic carbocycles. The van der Waals surface area contributed by atoms with Gasteiger partial charge in [-0.2, -0.15) is 0 Å². The third kappa shape index (κ3) is 18.9. The monoisotopic (exact) mass is 1480 g/mol. The molecule has 10 rings (SSSR count). The SMILES string of the molecule is COC1C(OP(=O)(O)OCC2OC(n3cc(C)c(=O)[nH]c3=O)CC2O)C(CO)OC1n1ccc(=O)[nH]c1=O.[C-]#[N+]CCOP(=O)(OCC1OC(n2cc(C)c(=O)[nH]c2=O)CC1OC(=O)CCC(=O)NC(c1ccccc1)c1ccc(C)c(C)c1C)OC1C(CC)OC(n2ccc(=O)[nH]c2=O)C1OC. The number of carbonyl (C=O) groups excluding carboxylic acids is 2. The van der Waals surface area contributed by atoms with Crippen LogP contribution in [-0.4, -0.2) is 173 Å². The number of nitrogens with zero attached hydrogens (tertiary/aromatic N) is 5. The Balaban J connectivity index is 0.000000274. The fourth-order valence-electron chi connectivity index (χ4n) is 12.0. The van der Waals surface area contributed by atoms with Crippen molar-refractivity contribution in [1.82, 2.24) is 43.5 Å². The zero-order valence-electron chi connectivity index (χ0n) is 57.0. The molecule has 4 aliphatic heterocycles. The molecule has 17 atom stereocenters. The molecular weight excluding hydrogens is 1400 g/mol. The van der Waals surface area contributed by atoms with Crippen molar-refractivity contribution in [3.63, 3.8) is 0 Å². The Bertz CT molecular complexity index is 4660. The van der Waals surface area contributed by atoms with Gasteiger partial charge in [0.15, 0.2) is 12.5 Å². The molecule has 4 saturated heterocycles. The second-order valence-corrected chi connectivity index (χ2v) is 27.5. The number of aromatic nitrogens is 8. The molecule has 8 N–H and O–H groups in total. The maximum Gasteiger partial charge on any atom is 0.475 e. The largest absolute Gasteiger partial charge is 0.475 e. The summed E-state index contributed by atoms with van der Waals surface area (Å²) in [6.07, 6.45) is -11.7. The standard InChI is InChI=1S/C44H53N6O14P.C20H27N4O13P/c1-8-31-39(40(58-7)42(63-31)49-20-18-35(52)47-43(49)55)64-65(57,59-21-19-45-6)60-24-33-32(22-36(61-33)50-23-26(3)41(54)48-44(50)56)62-37(53)17-16-34(51)46-38(29-12-10-9-11-13-29)30-15-14-25(2)27(4)28(30)5;1-9-6-24(20(30)22-17(9)28)14-5-10(26)12(35-14)8-34-38(31,32)37-15-11(7-25)36-18(16(15)33-2)23-4-3-13(27)21-19(23)29/h9-15,18,20,23,31-33,36,38-40,42H,8,16-17,19,21-22,24H2,1-5,7H3,(H,46,51)(H,47,52,55)(H,48,54,56);3-4,6,10-12,14-16,18,25-26H,5,7-8H2,1-2H3,(H,31,32)(H,21,27,29)(H,22,28,30). The van der Waals surface area contributed by atoms with Crippen molar-refractivity contribution in [2.45, 2.75) is 166 Å². The predicted octanol–water partition coefficient (Wildman–Crippen LogP) is 1.42. The van der Waals surface area contributed by atoms with Crippen molar-refractivity contribution in [3.8, 4) is 0 Å². The van der Waals surface area contributed by atoms with E-state index < -0.39 is 184 Å². The summed E-state index contributed by atoms with van der Waals surface area (Å²) in [4.78, 5) is 146. The molecule has 4 fully saturated rings. The Morgan fingerprint density at radius 1 is 0.641 bits per heavy atom. The van der Waals surface area contributed by atoms with Crippen LogP contribution in [0.15, 0.2) is 118 Å². The first-order valence-electron chi connectivity index (χ1n) is 32.4. The van der Waals surface area contributed by atoms with Crippen LogP contribution in [0.1, 0.15) is 109 Å². The second-order valence-electron chi connectivity index (χ2n) is 24.4. The number of aliphatic hydroxyl groups is 2. The first-order chi connectivity index (χ1) is 49.0. The van der Waals surface area contributed by atoms with Gasteiger partial charge in [-0.25, -0.2) is 34.9 Å². The second kappa shape index (κ2) is 34.4. The molecular formula is C64H80N10O27P2. The molecule has 4 aliphatic rings. The summed E-state index contributed by atoms with van der Waals surface area (Å²) in [5.41, 5.74) is -0.216. The number of carbonyl (C=O) groups is 2. The molecule has 0 spiro atoms. The van der Waals surface area contributed by atoms with Gasteiger partial charge in [0.25, 0.3) is 22.2 Å². The highest BCUT2D eigenvalue weighted by molar-refractivity contribution is 7.48. The lowest BCUT2D eigenvalue weighted by Gasteiger charge is -2.28. The Morgan fingerprint density at radius 2 is 1.18 bits per heavy atom. The van der Waals surface area contributed by atoms with E-state index in [0.29, 0.717) is 0 Å². The number of phosphoric acid groups is 2. The molecule has 1 amide bonds. The predicted molar refractivity (Wildman–Crippen MR) is 357 cm³/mol. The van der Waals surface area contributed by atoms with E-state index in [1.807, 2.05) is 68.2 Å². The summed E-state index contributed by atoms with van der Waals surface area (Å²) in [6.45, 7) is 15.5. The molecule has 0 saturated carbocycles. The molecule has 17 unspecified atom stereocenters. The number of ether oxygens (including phenoxy) is 7. The lowest BCUT2D eigenvalue weighted by molar-refractivity contribution is -0.154. The van der Waals surface area contributed by atoms with Crippen LogP contribution in [-0.2, 0) is 74.5 Å². The number of phosphoric ester groups is 2. The first kappa shape index (κ1) is 78.6. The molecule has 103 heavy (non-hydrogen) atoms.